The number of carbonyl (C=O) groups is 1. The van der Waals surface area contributed by atoms with Crippen molar-refractivity contribution in [3.63, 3.8) is 0 Å². The molecule has 0 bridgehead atoms. The number of hydrogen-bond donors (Lipinski definition) is 1. The third-order valence-electron chi connectivity index (χ3n) is 4.64. The molecule has 0 aliphatic carbocycles. The number of nitrogens with one attached hydrogen (secondary N) is 1. The highest BCUT2D eigenvalue weighted by atomic mass is 32.2. The molecular formula is C23H21N5O4S. The van der Waals surface area contributed by atoms with Gasteiger partial charge in [0.15, 0.2) is 0 Å². The highest BCUT2D eigenvalue weighted by Crippen LogP contribution is 2.20. The minimum absolute atomic E-state index is 0.218. The molecule has 1 N–H and O–H groups in total. The Kier molecular flexibility index (Phi) is 6.29. The SMILES string of the molecule is Cc1cn(-c2cc(COS(C)(=O)=O)nc(NC(=O)c3cc(-c4ccccc4)ccn3)c2)cn1. The zero-order valence-corrected chi connectivity index (χ0v) is 18.8. The van der Waals surface area contributed by atoms with Crippen LogP contribution in [-0.2, 0) is 20.9 Å². The Balaban J connectivity index is 1.63. The van der Waals surface area contributed by atoms with Gasteiger partial charge >= 0.3 is 0 Å². The van der Waals surface area contributed by atoms with Gasteiger partial charge in [-0.3, -0.25) is 14.0 Å². The van der Waals surface area contributed by atoms with E-state index in [9.17, 15) is 13.2 Å². The van der Waals surface area contributed by atoms with Crippen LogP contribution in [0.3, 0.4) is 0 Å². The fourth-order valence-electron chi connectivity index (χ4n) is 3.13. The van der Waals surface area contributed by atoms with Gasteiger partial charge in [0.25, 0.3) is 16.0 Å². The third-order valence-corrected chi connectivity index (χ3v) is 5.18. The monoisotopic (exact) mass is 463 g/mol. The maximum atomic E-state index is 12.9. The molecule has 33 heavy (non-hydrogen) atoms. The standard InChI is InChI=1S/C23H21N5O4S/c1-16-13-28(15-25-16)20-11-19(14-32-33(2,30)31)26-22(12-20)27-23(29)21-10-18(8-9-24-21)17-6-4-3-5-7-17/h3-13,15H,14H2,1-2H3,(H,26,27,29). The summed E-state index contributed by atoms with van der Waals surface area (Å²) in [7, 11) is -3.66. The van der Waals surface area contributed by atoms with Crippen molar-refractivity contribution in [2.45, 2.75) is 13.5 Å². The van der Waals surface area contributed by atoms with Crippen molar-refractivity contribution in [1.29, 1.82) is 0 Å². The summed E-state index contributed by atoms with van der Waals surface area (Å²) in [5.41, 5.74) is 3.80. The second-order valence-corrected chi connectivity index (χ2v) is 8.98. The van der Waals surface area contributed by atoms with Crippen molar-refractivity contribution in [3.8, 4) is 16.8 Å². The number of anilines is 1. The average Bonchev–Trinajstić information content (AvgIpc) is 3.24. The predicted octanol–water partition coefficient (Wildman–Crippen LogP) is 3.37. The van der Waals surface area contributed by atoms with Gasteiger partial charge in [-0.15, -0.1) is 0 Å². The van der Waals surface area contributed by atoms with Crippen LogP contribution in [0.25, 0.3) is 16.8 Å². The van der Waals surface area contributed by atoms with Gasteiger partial charge in [0.05, 0.1) is 29.7 Å². The first-order valence-electron chi connectivity index (χ1n) is 9.96. The number of aromatic nitrogens is 4. The summed E-state index contributed by atoms with van der Waals surface area (Å²) in [5.74, 6) is -0.225. The Labute approximate surface area is 191 Å². The number of pyridine rings is 2. The predicted molar refractivity (Wildman–Crippen MR) is 123 cm³/mol. The normalized spacial score (nSPS) is 11.3. The van der Waals surface area contributed by atoms with Gasteiger partial charge in [0, 0.05) is 18.5 Å². The lowest BCUT2D eigenvalue weighted by Crippen LogP contribution is -2.16. The Bertz CT molecular complexity index is 1400. The van der Waals surface area contributed by atoms with Gasteiger partial charge < -0.3 is 9.88 Å². The average molecular weight is 464 g/mol. The van der Waals surface area contributed by atoms with Crippen LogP contribution >= 0.6 is 0 Å². The van der Waals surface area contributed by atoms with E-state index < -0.39 is 16.0 Å². The van der Waals surface area contributed by atoms with Crippen molar-refractivity contribution in [1.82, 2.24) is 19.5 Å². The topological polar surface area (TPSA) is 116 Å². The first kappa shape index (κ1) is 22.3. The minimum Gasteiger partial charge on any atom is -0.306 e. The Hall–Kier alpha value is -3.89. The van der Waals surface area contributed by atoms with Gasteiger partial charge in [0.1, 0.15) is 18.1 Å². The molecule has 0 saturated carbocycles. The summed E-state index contributed by atoms with van der Waals surface area (Å²) in [6.07, 6.45) is 5.94. The molecule has 1 amide bonds. The maximum Gasteiger partial charge on any atom is 0.275 e. The Morgan fingerprint density at radius 2 is 1.85 bits per heavy atom. The van der Waals surface area contributed by atoms with E-state index in [1.54, 1.807) is 41.5 Å². The van der Waals surface area contributed by atoms with E-state index in [1.165, 1.54) is 0 Å². The second-order valence-electron chi connectivity index (χ2n) is 7.34. The molecular weight excluding hydrogens is 442 g/mol. The molecule has 4 aromatic rings. The zero-order chi connectivity index (χ0) is 23.4. The number of nitrogens with zero attached hydrogens (tertiary/aromatic N) is 4. The summed E-state index contributed by atoms with van der Waals surface area (Å²) in [4.78, 5) is 25.6. The molecule has 1 aromatic carbocycles. The minimum atomic E-state index is -3.66. The number of rotatable bonds is 7. The molecule has 0 spiro atoms. The molecule has 3 heterocycles. The van der Waals surface area contributed by atoms with Crippen LogP contribution in [0.4, 0.5) is 5.82 Å². The number of amides is 1. The van der Waals surface area contributed by atoms with E-state index in [2.05, 4.69) is 20.3 Å². The van der Waals surface area contributed by atoms with Crippen LogP contribution in [-0.4, -0.2) is 40.1 Å². The molecule has 4 rings (SSSR count). The van der Waals surface area contributed by atoms with Crippen LogP contribution in [0.15, 0.2) is 73.3 Å². The second kappa shape index (κ2) is 9.31. The van der Waals surface area contributed by atoms with Gasteiger partial charge in [0.2, 0.25) is 0 Å². The van der Waals surface area contributed by atoms with Crippen LogP contribution in [0.1, 0.15) is 21.9 Å². The lowest BCUT2D eigenvalue weighted by atomic mass is 10.1. The molecule has 0 unspecified atom stereocenters. The molecule has 0 atom stereocenters. The Morgan fingerprint density at radius 1 is 1.06 bits per heavy atom. The van der Waals surface area contributed by atoms with Gasteiger partial charge in [-0.25, -0.2) is 9.97 Å². The quantitative estimate of drug-likeness (QED) is 0.418. The summed E-state index contributed by atoms with van der Waals surface area (Å²) in [6, 6.07) is 16.5. The number of aryl methyl sites for hydroxylation is 1. The fourth-order valence-corrected chi connectivity index (χ4v) is 3.47. The zero-order valence-electron chi connectivity index (χ0n) is 18.0. The first-order chi connectivity index (χ1) is 15.8. The molecule has 0 fully saturated rings. The highest BCUT2D eigenvalue weighted by Gasteiger charge is 2.13. The summed E-state index contributed by atoms with van der Waals surface area (Å²) in [6.45, 7) is 1.57. The van der Waals surface area contributed by atoms with Crippen molar-refractivity contribution in [3.05, 3.63) is 90.4 Å². The fraction of sp³-hybridized carbons (Fsp3) is 0.130. The lowest BCUT2D eigenvalue weighted by Gasteiger charge is -2.11. The number of benzene rings is 1. The number of carbonyl (C=O) groups excluding carboxylic acids is 1. The molecule has 9 nitrogen and oxygen atoms in total. The largest absolute Gasteiger partial charge is 0.306 e. The first-order valence-corrected chi connectivity index (χ1v) is 11.8. The molecule has 168 valence electrons. The van der Waals surface area contributed by atoms with Crippen molar-refractivity contribution < 1.29 is 17.4 Å². The Morgan fingerprint density at radius 3 is 2.55 bits per heavy atom. The van der Waals surface area contributed by atoms with Crippen LogP contribution in [0, 0.1) is 6.92 Å². The van der Waals surface area contributed by atoms with Gasteiger partial charge in [-0.2, -0.15) is 8.42 Å². The molecule has 3 aromatic heterocycles. The van der Waals surface area contributed by atoms with E-state index >= 15 is 0 Å². The van der Waals surface area contributed by atoms with E-state index in [-0.39, 0.29) is 18.1 Å². The van der Waals surface area contributed by atoms with Crippen LogP contribution < -0.4 is 5.32 Å². The van der Waals surface area contributed by atoms with E-state index in [0.717, 1.165) is 23.1 Å². The molecule has 0 aliphatic heterocycles. The lowest BCUT2D eigenvalue weighted by molar-refractivity contribution is 0.102. The maximum absolute atomic E-state index is 12.9. The van der Waals surface area contributed by atoms with Crippen LogP contribution in [0.5, 0.6) is 0 Å². The summed E-state index contributed by atoms with van der Waals surface area (Å²) < 4.78 is 29.5. The van der Waals surface area contributed by atoms with E-state index in [0.29, 0.717) is 11.4 Å². The summed E-state index contributed by atoms with van der Waals surface area (Å²) in [5, 5.41) is 2.74. The van der Waals surface area contributed by atoms with Crippen molar-refractivity contribution in [2.24, 2.45) is 0 Å². The molecule has 0 radical (unpaired) electrons. The highest BCUT2D eigenvalue weighted by molar-refractivity contribution is 7.85. The van der Waals surface area contributed by atoms with Crippen LogP contribution in [0.2, 0.25) is 0 Å². The molecule has 0 aliphatic rings. The molecule has 0 saturated heterocycles. The smallest absolute Gasteiger partial charge is 0.275 e. The number of imidazole rings is 1. The van der Waals surface area contributed by atoms with Gasteiger partial charge in [-0.05, 0) is 36.2 Å². The number of hydrogen-bond acceptors (Lipinski definition) is 7. The van der Waals surface area contributed by atoms with Gasteiger partial charge in [-0.1, -0.05) is 30.3 Å². The summed E-state index contributed by atoms with van der Waals surface area (Å²) >= 11 is 0. The third kappa shape index (κ3) is 5.88. The molecule has 10 heteroatoms. The van der Waals surface area contributed by atoms with E-state index in [1.807, 2.05) is 43.3 Å². The van der Waals surface area contributed by atoms with E-state index in [4.69, 9.17) is 4.18 Å². The van der Waals surface area contributed by atoms with Crippen molar-refractivity contribution >= 4 is 21.8 Å². The van der Waals surface area contributed by atoms with Crippen molar-refractivity contribution in [2.75, 3.05) is 11.6 Å².